The minimum Gasteiger partial charge on any atom is -0.462 e. The number of benzene rings is 1. The fourth-order valence-corrected chi connectivity index (χ4v) is 3.49. The van der Waals surface area contributed by atoms with Crippen LogP contribution in [-0.4, -0.2) is 30.4 Å². The molecule has 1 atom stereocenters. The maximum atomic E-state index is 12.8. The molecule has 6 nitrogen and oxygen atoms in total. The third-order valence-corrected chi connectivity index (χ3v) is 5.27. The predicted octanol–water partition coefficient (Wildman–Crippen LogP) is 3.77. The van der Waals surface area contributed by atoms with Gasteiger partial charge in [0.2, 0.25) is 11.8 Å². The molecule has 0 saturated heterocycles. The number of anilines is 1. The van der Waals surface area contributed by atoms with Gasteiger partial charge in [0, 0.05) is 11.6 Å². The molecule has 1 unspecified atom stereocenters. The highest BCUT2D eigenvalue weighted by atomic mass is 16.5. The van der Waals surface area contributed by atoms with Gasteiger partial charge in [0.05, 0.1) is 12.2 Å². The van der Waals surface area contributed by atoms with E-state index in [0.29, 0.717) is 17.2 Å². The van der Waals surface area contributed by atoms with E-state index in [2.05, 4.69) is 17.6 Å². The van der Waals surface area contributed by atoms with E-state index >= 15 is 0 Å². The zero-order valence-electron chi connectivity index (χ0n) is 17.3. The maximum Gasteiger partial charge on any atom is 0.338 e. The average Bonchev–Trinajstić information content (AvgIpc) is 2.66. The maximum absolute atomic E-state index is 12.8. The van der Waals surface area contributed by atoms with Crippen molar-refractivity contribution in [2.45, 2.75) is 59.4 Å². The SMILES string of the molecule is CCOC(=O)c1cccc(NC(=O)C(NC(=O)C2CCC(C)CC2)C(C)C)c1. The number of rotatable bonds is 7. The lowest BCUT2D eigenvalue weighted by Crippen LogP contribution is -2.49. The van der Waals surface area contributed by atoms with E-state index in [1.807, 2.05) is 13.8 Å². The molecule has 1 aliphatic carbocycles. The Morgan fingerprint density at radius 2 is 1.82 bits per heavy atom. The van der Waals surface area contributed by atoms with E-state index in [0.717, 1.165) is 25.7 Å². The summed E-state index contributed by atoms with van der Waals surface area (Å²) in [6.07, 6.45) is 3.86. The van der Waals surface area contributed by atoms with Gasteiger partial charge in [0.1, 0.15) is 6.04 Å². The summed E-state index contributed by atoms with van der Waals surface area (Å²) in [6, 6.07) is 5.99. The van der Waals surface area contributed by atoms with E-state index in [1.54, 1.807) is 31.2 Å². The quantitative estimate of drug-likeness (QED) is 0.697. The third-order valence-electron chi connectivity index (χ3n) is 5.27. The molecule has 2 rings (SSSR count). The van der Waals surface area contributed by atoms with Gasteiger partial charge in [-0.05, 0) is 62.6 Å². The molecule has 0 radical (unpaired) electrons. The van der Waals surface area contributed by atoms with Crippen LogP contribution in [0.3, 0.4) is 0 Å². The smallest absolute Gasteiger partial charge is 0.338 e. The highest BCUT2D eigenvalue weighted by molar-refractivity contribution is 5.99. The van der Waals surface area contributed by atoms with E-state index < -0.39 is 12.0 Å². The lowest BCUT2D eigenvalue weighted by Gasteiger charge is -2.28. The largest absolute Gasteiger partial charge is 0.462 e. The Bertz CT molecular complexity index is 694. The van der Waals surface area contributed by atoms with Crippen molar-refractivity contribution in [3.8, 4) is 0 Å². The first-order chi connectivity index (χ1) is 13.3. The molecular weight excluding hydrogens is 356 g/mol. The number of carbonyl (C=O) groups is 3. The molecule has 6 heteroatoms. The molecule has 1 fully saturated rings. The number of carbonyl (C=O) groups excluding carboxylic acids is 3. The first-order valence-electron chi connectivity index (χ1n) is 10.2. The molecule has 0 bridgehead atoms. The Labute approximate surface area is 167 Å². The minimum absolute atomic E-state index is 0.0163. The first kappa shape index (κ1) is 21.9. The molecule has 0 aromatic heterocycles. The van der Waals surface area contributed by atoms with Gasteiger partial charge in [-0.2, -0.15) is 0 Å². The zero-order chi connectivity index (χ0) is 20.7. The van der Waals surface area contributed by atoms with Crippen molar-refractivity contribution in [1.29, 1.82) is 0 Å². The Morgan fingerprint density at radius 1 is 1.14 bits per heavy atom. The summed E-state index contributed by atoms with van der Waals surface area (Å²) in [5, 5.41) is 5.75. The summed E-state index contributed by atoms with van der Waals surface area (Å²) in [5.74, 6) is -0.162. The summed E-state index contributed by atoms with van der Waals surface area (Å²) in [4.78, 5) is 37.3. The van der Waals surface area contributed by atoms with Gasteiger partial charge in [0.25, 0.3) is 0 Å². The number of nitrogens with one attached hydrogen (secondary N) is 2. The normalized spacial score (nSPS) is 20.3. The predicted molar refractivity (Wildman–Crippen MR) is 109 cm³/mol. The topological polar surface area (TPSA) is 84.5 Å². The fraction of sp³-hybridized carbons (Fsp3) is 0.591. The Kier molecular flexibility index (Phi) is 8.03. The monoisotopic (exact) mass is 388 g/mol. The van der Waals surface area contributed by atoms with Crippen LogP contribution in [0.1, 0.15) is 63.7 Å². The van der Waals surface area contributed by atoms with Gasteiger partial charge in [-0.3, -0.25) is 9.59 Å². The second-order valence-electron chi connectivity index (χ2n) is 7.98. The van der Waals surface area contributed by atoms with Crippen molar-refractivity contribution < 1.29 is 19.1 Å². The Morgan fingerprint density at radius 3 is 2.43 bits per heavy atom. The van der Waals surface area contributed by atoms with E-state index in [1.165, 1.54) is 0 Å². The number of amides is 2. The third kappa shape index (κ3) is 6.08. The van der Waals surface area contributed by atoms with E-state index in [4.69, 9.17) is 4.74 Å². The van der Waals surface area contributed by atoms with Crippen LogP contribution in [-0.2, 0) is 14.3 Å². The fourth-order valence-electron chi connectivity index (χ4n) is 3.49. The Balaban J connectivity index is 2.02. The van der Waals surface area contributed by atoms with Crippen molar-refractivity contribution in [3.63, 3.8) is 0 Å². The molecule has 2 amide bonds. The van der Waals surface area contributed by atoms with Crippen LogP contribution in [0.4, 0.5) is 5.69 Å². The second kappa shape index (κ2) is 10.2. The summed E-state index contributed by atoms with van der Waals surface area (Å²) < 4.78 is 4.99. The molecule has 0 aliphatic heterocycles. The second-order valence-corrected chi connectivity index (χ2v) is 7.98. The number of esters is 1. The highest BCUT2D eigenvalue weighted by Gasteiger charge is 2.30. The van der Waals surface area contributed by atoms with Crippen molar-refractivity contribution in [3.05, 3.63) is 29.8 Å². The van der Waals surface area contributed by atoms with E-state index in [-0.39, 0.29) is 30.3 Å². The minimum atomic E-state index is -0.627. The number of ether oxygens (including phenoxy) is 1. The summed E-state index contributed by atoms with van der Waals surface area (Å²) in [6.45, 7) is 8.05. The lowest BCUT2D eigenvalue weighted by molar-refractivity contribution is -0.131. The van der Waals surface area contributed by atoms with Crippen LogP contribution >= 0.6 is 0 Å². The van der Waals surface area contributed by atoms with Gasteiger partial charge >= 0.3 is 5.97 Å². The van der Waals surface area contributed by atoms with Crippen LogP contribution in [0.5, 0.6) is 0 Å². The number of hydrogen-bond donors (Lipinski definition) is 2. The average molecular weight is 389 g/mol. The van der Waals surface area contributed by atoms with Gasteiger partial charge < -0.3 is 15.4 Å². The lowest BCUT2D eigenvalue weighted by atomic mass is 9.82. The van der Waals surface area contributed by atoms with Crippen LogP contribution in [0.2, 0.25) is 0 Å². The highest BCUT2D eigenvalue weighted by Crippen LogP contribution is 2.28. The molecule has 2 N–H and O–H groups in total. The molecular formula is C22H32N2O4. The molecule has 0 spiro atoms. The van der Waals surface area contributed by atoms with Gasteiger partial charge in [-0.15, -0.1) is 0 Å². The van der Waals surface area contributed by atoms with Crippen molar-refractivity contribution in [2.75, 3.05) is 11.9 Å². The first-order valence-corrected chi connectivity index (χ1v) is 10.2. The van der Waals surface area contributed by atoms with Crippen molar-refractivity contribution in [2.24, 2.45) is 17.8 Å². The van der Waals surface area contributed by atoms with E-state index in [9.17, 15) is 14.4 Å². The van der Waals surface area contributed by atoms with Crippen LogP contribution < -0.4 is 10.6 Å². The standard InChI is InChI=1S/C22H32N2O4/c1-5-28-22(27)17-7-6-8-18(13-17)23-21(26)19(14(2)3)24-20(25)16-11-9-15(4)10-12-16/h6-8,13-16,19H,5,9-12H2,1-4H3,(H,23,26)(H,24,25). The van der Waals surface area contributed by atoms with Crippen LogP contribution in [0.15, 0.2) is 24.3 Å². The van der Waals surface area contributed by atoms with Crippen LogP contribution in [0, 0.1) is 17.8 Å². The van der Waals surface area contributed by atoms with Gasteiger partial charge in [-0.1, -0.05) is 26.8 Å². The van der Waals surface area contributed by atoms with Gasteiger partial charge in [-0.25, -0.2) is 4.79 Å². The van der Waals surface area contributed by atoms with Crippen LogP contribution in [0.25, 0.3) is 0 Å². The molecule has 1 saturated carbocycles. The summed E-state index contributed by atoms with van der Waals surface area (Å²) in [7, 11) is 0. The molecule has 1 aliphatic rings. The summed E-state index contributed by atoms with van der Waals surface area (Å²) >= 11 is 0. The molecule has 28 heavy (non-hydrogen) atoms. The summed E-state index contributed by atoms with van der Waals surface area (Å²) in [5.41, 5.74) is 0.878. The zero-order valence-corrected chi connectivity index (χ0v) is 17.3. The van der Waals surface area contributed by atoms with Crippen molar-refractivity contribution >= 4 is 23.5 Å². The number of hydrogen-bond acceptors (Lipinski definition) is 4. The molecule has 1 aromatic carbocycles. The van der Waals surface area contributed by atoms with Crippen molar-refractivity contribution in [1.82, 2.24) is 5.32 Å². The molecule has 1 aromatic rings. The molecule has 154 valence electrons. The van der Waals surface area contributed by atoms with Gasteiger partial charge in [0.15, 0.2) is 0 Å². The molecule has 0 heterocycles. The Hall–Kier alpha value is -2.37.